The van der Waals surface area contributed by atoms with Crippen molar-refractivity contribution in [1.82, 2.24) is 14.8 Å². The predicted octanol–water partition coefficient (Wildman–Crippen LogP) is 0.854. The highest BCUT2D eigenvalue weighted by Crippen LogP contribution is 2.27. The summed E-state index contributed by atoms with van der Waals surface area (Å²) in [6.07, 6.45) is 0.643. The molecule has 0 amide bonds. The summed E-state index contributed by atoms with van der Waals surface area (Å²) in [4.78, 5) is 0. The Bertz CT molecular complexity index is 595. The molecule has 2 atom stereocenters. The van der Waals surface area contributed by atoms with Crippen molar-refractivity contribution in [2.75, 3.05) is 19.6 Å². The van der Waals surface area contributed by atoms with E-state index in [0.29, 0.717) is 25.1 Å². The predicted molar refractivity (Wildman–Crippen MR) is 76.1 cm³/mol. The van der Waals surface area contributed by atoms with Gasteiger partial charge >= 0.3 is 0 Å². The van der Waals surface area contributed by atoms with Crippen LogP contribution in [0.4, 0.5) is 8.78 Å². The summed E-state index contributed by atoms with van der Waals surface area (Å²) in [5.74, 6) is -2.02. The lowest BCUT2D eigenvalue weighted by molar-refractivity contribution is 0.375. The van der Waals surface area contributed by atoms with Crippen LogP contribution in [0.2, 0.25) is 0 Å². The van der Waals surface area contributed by atoms with Crippen LogP contribution >= 0.6 is 0 Å². The lowest BCUT2D eigenvalue weighted by atomic mass is 9.86. The molecule has 0 aromatic heterocycles. The summed E-state index contributed by atoms with van der Waals surface area (Å²) in [5, 5.41) is 3.10. The summed E-state index contributed by atoms with van der Waals surface area (Å²) in [5.41, 5.74) is 0.597. The van der Waals surface area contributed by atoms with Gasteiger partial charge in [0.2, 0.25) is 0 Å². The van der Waals surface area contributed by atoms with Crippen molar-refractivity contribution < 1.29 is 17.2 Å². The van der Waals surface area contributed by atoms with E-state index >= 15 is 0 Å². The normalized spacial score (nSPS) is 23.2. The lowest BCUT2D eigenvalue weighted by Gasteiger charge is -2.33. The number of rotatable bonds is 5. The molecule has 3 N–H and O–H groups in total. The van der Waals surface area contributed by atoms with Gasteiger partial charge in [-0.05, 0) is 30.7 Å². The number of halogens is 2. The first-order valence-corrected chi connectivity index (χ1v) is 8.34. The van der Waals surface area contributed by atoms with Crippen LogP contribution in [0.3, 0.4) is 0 Å². The summed E-state index contributed by atoms with van der Waals surface area (Å²) in [6.45, 7) is 3.11. The van der Waals surface area contributed by atoms with Crippen LogP contribution < -0.4 is 14.8 Å². The van der Waals surface area contributed by atoms with Crippen LogP contribution in [0.15, 0.2) is 18.2 Å². The zero-order valence-corrected chi connectivity index (χ0v) is 12.5. The SMILES string of the molecule is CCNS(=O)(=O)NC1CNCCC1c1ccc(F)c(F)c1. The molecule has 1 aliphatic heterocycles. The first-order valence-electron chi connectivity index (χ1n) is 6.85. The van der Waals surface area contributed by atoms with Gasteiger partial charge in [0, 0.05) is 25.0 Å². The second kappa shape index (κ2) is 6.78. The molecule has 1 heterocycles. The number of benzene rings is 1. The molecule has 0 bridgehead atoms. The maximum absolute atomic E-state index is 13.4. The average Bonchev–Trinajstić information content (AvgIpc) is 2.42. The van der Waals surface area contributed by atoms with E-state index in [0.717, 1.165) is 12.1 Å². The second-order valence-corrected chi connectivity index (χ2v) is 6.53. The monoisotopic (exact) mass is 319 g/mol. The third-order valence-electron chi connectivity index (χ3n) is 3.49. The number of nitrogens with one attached hydrogen (secondary N) is 3. The summed E-state index contributed by atoms with van der Waals surface area (Å²) < 4.78 is 55.0. The van der Waals surface area contributed by atoms with Gasteiger partial charge in [0.25, 0.3) is 10.2 Å². The average molecular weight is 319 g/mol. The molecule has 0 aliphatic carbocycles. The molecule has 1 fully saturated rings. The Labute approximate surface area is 123 Å². The Hall–Kier alpha value is -1.09. The molecule has 21 heavy (non-hydrogen) atoms. The van der Waals surface area contributed by atoms with Gasteiger partial charge in [-0.1, -0.05) is 13.0 Å². The van der Waals surface area contributed by atoms with E-state index in [9.17, 15) is 17.2 Å². The minimum absolute atomic E-state index is 0.199. The van der Waals surface area contributed by atoms with Crippen molar-refractivity contribution in [1.29, 1.82) is 0 Å². The van der Waals surface area contributed by atoms with Gasteiger partial charge < -0.3 is 5.32 Å². The van der Waals surface area contributed by atoms with Crippen molar-refractivity contribution in [2.45, 2.75) is 25.3 Å². The quantitative estimate of drug-likeness (QED) is 0.754. The summed E-state index contributed by atoms with van der Waals surface area (Å²) in [7, 11) is -3.60. The maximum Gasteiger partial charge on any atom is 0.277 e. The van der Waals surface area contributed by atoms with Gasteiger partial charge in [0.1, 0.15) is 0 Å². The van der Waals surface area contributed by atoms with E-state index in [4.69, 9.17) is 0 Å². The van der Waals surface area contributed by atoms with Crippen molar-refractivity contribution in [3.8, 4) is 0 Å². The van der Waals surface area contributed by atoms with Crippen molar-refractivity contribution >= 4 is 10.2 Å². The van der Waals surface area contributed by atoms with Crippen molar-refractivity contribution in [2.24, 2.45) is 0 Å². The van der Waals surface area contributed by atoms with Crippen LogP contribution in [-0.4, -0.2) is 34.1 Å². The van der Waals surface area contributed by atoms with Gasteiger partial charge in [0.15, 0.2) is 11.6 Å². The molecule has 0 saturated carbocycles. The Morgan fingerprint density at radius 1 is 1.33 bits per heavy atom. The molecule has 1 aromatic carbocycles. The zero-order chi connectivity index (χ0) is 15.5. The van der Waals surface area contributed by atoms with E-state index < -0.39 is 27.9 Å². The van der Waals surface area contributed by atoms with E-state index in [1.165, 1.54) is 6.07 Å². The molecule has 1 saturated heterocycles. The Balaban J connectivity index is 2.20. The maximum atomic E-state index is 13.4. The molecular weight excluding hydrogens is 300 g/mol. The fourth-order valence-corrected chi connectivity index (χ4v) is 3.66. The smallest absolute Gasteiger partial charge is 0.277 e. The molecule has 0 spiro atoms. The standard InChI is InChI=1S/C13H19F2N3O2S/c1-2-17-21(19,20)18-13-8-16-6-5-10(13)9-3-4-11(14)12(15)7-9/h3-4,7,10,13,16-18H,2,5-6,8H2,1H3. The minimum Gasteiger partial charge on any atom is -0.315 e. The second-order valence-electron chi connectivity index (χ2n) is 5.00. The van der Waals surface area contributed by atoms with Crippen LogP contribution in [0.25, 0.3) is 0 Å². The first kappa shape index (κ1) is 16.3. The molecule has 5 nitrogen and oxygen atoms in total. The Morgan fingerprint density at radius 3 is 2.76 bits per heavy atom. The minimum atomic E-state index is -3.60. The summed E-state index contributed by atoms with van der Waals surface area (Å²) in [6, 6.07) is 3.30. The highest BCUT2D eigenvalue weighted by Gasteiger charge is 2.30. The van der Waals surface area contributed by atoms with Gasteiger partial charge in [-0.25, -0.2) is 13.5 Å². The molecule has 1 aromatic rings. The fraction of sp³-hybridized carbons (Fsp3) is 0.538. The van der Waals surface area contributed by atoms with Crippen molar-refractivity contribution in [3.05, 3.63) is 35.4 Å². The molecule has 8 heteroatoms. The fourth-order valence-electron chi connectivity index (χ4n) is 2.56. The van der Waals surface area contributed by atoms with E-state index in [1.54, 1.807) is 6.92 Å². The number of hydrogen-bond acceptors (Lipinski definition) is 3. The molecular formula is C13H19F2N3O2S. The third-order valence-corrected chi connectivity index (χ3v) is 4.78. The van der Waals surface area contributed by atoms with Crippen LogP contribution in [0.1, 0.15) is 24.8 Å². The van der Waals surface area contributed by atoms with Gasteiger partial charge in [-0.2, -0.15) is 13.1 Å². The Kier molecular flexibility index (Phi) is 5.26. The lowest BCUT2D eigenvalue weighted by Crippen LogP contribution is -2.52. The van der Waals surface area contributed by atoms with E-state index in [2.05, 4.69) is 14.8 Å². The number of hydrogen-bond donors (Lipinski definition) is 3. The van der Waals surface area contributed by atoms with Gasteiger partial charge in [-0.15, -0.1) is 0 Å². The third kappa shape index (κ3) is 4.19. The zero-order valence-electron chi connectivity index (χ0n) is 11.7. The topological polar surface area (TPSA) is 70.2 Å². The highest BCUT2D eigenvalue weighted by molar-refractivity contribution is 7.87. The summed E-state index contributed by atoms with van der Waals surface area (Å²) >= 11 is 0. The molecule has 118 valence electrons. The molecule has 0 radical (unpaired) electrons. The first-order chi connectivity index (χ1) is 9.93. The molecule has 1 aliphatic rings. The molecule has 2 rings (SSSR count). The largest absolute Gasteiger partial charge is 0.315 e. The van der Waals surface area contributed by atoms with Crippen LogP contribution in [0.5, 0.6) is 0 Å². The molecule has 2 unspecified atom stereocenters. The van der Waals surface area contributed by atoms with Gasteiger partial charge in [-0.3, -0.25) is 0 Å². The van der Waals surface area contributed by atoms with Crippen molar-refractivity contribution in [3.63, 3.8) is 0 Å². The van der Waals surface area contributed by atoms with Gasteiger partial charge in [0.05, 0.1) is 0 Å². The number of piperidine rings is 1. The van der Waals surface area contributed by atoms with Crippen LogP contribution in [-0.2, 0) is 10.2 Å². The van der Waals surface area contributed by atoms with Crippen LogP contribution in [0, 0.1) is 11.6 Å². The highest BCUT2D eigenvalue weighted by atomic mass is 32.2. The van der Waals surface area contributed by atoms with E-state index in [-0.39, 0.29) is 12.5 Å². The van der Waals surface area contributed by atoms with E-state index in [1.807, 2.05) is 0 Å². The Morgan fingerprint density at radius 2 is 2.10 bits per heavy atom.